The SMILES string of the molecule is C=CC#N.CCCCCCN. The number of allylic oxidation sites excluding steroid dienone is 1. The molecular weight excluding hydrogens is 136 g/mol. The Bertz CT molecular complexity index is 98.6. The number of hydrogen-bond donors (Lipinski definition) is 1. The molecule has 0 aliphatic rings. The van der Waals surface area contributed by atoms with Crippen molar-refractivity contribution in [3.05, 3.63) is 12.7 Å². The van der Waals surface area contributed by atoms with E-state index in [1.165, 1.54) is 31.8 Å². The first kappa shape index (κ1) is 12.8. The minimum Gasteiger partial charge on any atom is -0.330 e. The summed E-state index contributed by atoms with van der Waals surface area (Å²) in [6.45, 7) is 6.18. The first-order chi connectivity index (χ1) is 5.33. The molecule has 0 unspecified atom stereocenters. The van der Waals surface area contributed by atoms with Crippen LogP contribution in [0.25, 0.3) is 0 Å². The van der Waals surface area contributed by atoms with E-state index in [1.807, 2.05) is 0 Å². The molecule has 64 valence electrons. The highest BCUT2D eigenvalue weighted by Crippen LogP contribution is 1.95. The van der Waals surface area contributed by atoms with Crippen molar-refractivity contribution in [3.63, 3.8) is 0 Å². The van der Waals surface area contributed by atoms with Gasteiger partial charge in [-0.15, -0.1) is 0 Å². The lowest BCUT2D eigenvalue weighted by atomic mass is 10.2. The molecule has 2 N–H and O–H groups in total. The first-order valence-electron chi connectivity index (χ1n) is 4.04. The van der Waals surface area contributed by atoms with Gasteiger partial charge >= 0.3 is 0 Å². The van der Waals surface area contributed by atoms with Gasteiger partial charge in [-0.05, 0) is 13.0 Å². The average Bonchev–Trinajstić information content (AvgIpc) is 2.06. The maximum absolute atomic E-state index is 7.51. The zero-order chi connectivity index (χ0) is 8.95. The normalized spacial score (nSPS) is 7.36. The average molecular weight is 154 g/mol. The summed E-state index contributed by atoms with van der Waals surface area (Å²) in [6, 6.07) is 1.69. The van der Waals surface area contributed by atoms with Crippen LogP contribution in [-0.2, 0) is 0 Å². The Kier molecular flexibility index (Phi) is 18.8. The van der Waals surface area contributed by atoms with Crippen molar-refractivity contribution in [1.29, 1.82) is 5.26 Å². The quantitative estimate of drug-likeness (QED) is 0.498. The molecule has 2 heteroatoms. The second kappa shape index (κ2) is 16.1. The van der Waals surface area contributed by atoms with Gasteiger partial charge in [0.15, 0.2) is 0 Å². The summed E-state index contributed by atoms with van der Waals surface area (Å²) in [5.41, 5.74) is 5.27. The second-order valence-electron chi connectivity index (χ2n) is 2.18. The third-order valence-corrected chi connectivity index (χ3v) is 1.15. The van der Waals surface area contributed by atoms with Crippen LogP contribution in [0.2, 0.25) is 0 Å². The molecule has 0 aliphatic carbocycles. The van der Waals surface area contributed by atoms with E-state index >= 15 is 0 Å². The molecule has 0 bridgehead atoms. The number of unbranched alkanes of at least 4 members (excludes halogenated alkanes) is 3. The molecule has 0 spiro atoms. The summed E-state index contributed by atoms with van der Waals surface area (Å²) >= 11 is 0. The second-order valence-corrected chi connectivity index (χ2v) is 2.18. The lowest BCUT2D eigenvalue weighted by Crippen LogP contribution is -1.97. The molecule has 0 saturated heterocycles. The largest absolute Gasteiger partial charge is 0.330 e. The van der Waals surface area contributed by atoms with Crippen LogP contribution in [0.15, 0.2) is 12.7 Å². The van der Waals surface area contributed by atoms with Gasteiger partial charge in [-0.2, -0.15) is 5.26 Å². The fourth-order valence-electron chi connectivity index (χ4n) is 0.571. The van der Waals surface area contributed by atoms with Crippen LogP contribution in [0, 0.1) is 11.3 Å². The van der Waals surface area contributed by atoms with Crippen LogP contribution in [0.5, 0.6) is 0 Å². The molecule has 0 amide bonds. The minimum atomic E-state index is 0.861. The number of nitrogens with two attached hydrogens (primary N) is 1. The molecule has 0 aromatic rings. The predicted molar refractivity (Wildman–Crippen MR) is 49.0 cm³/mol. The van der Waals surface area contributed by atoms with Gasteiger partial charge in [-0.25, -0.2) is 0 Å². The van der Waals surface area contributed by atoms with E-state index in [2.05, 4.69) is 13.5 Å². The summed E-state index contributed by atoms with van der Waals surface area (Å²) in [5.74, 6) is 0. The van der Waals surface area contributed by atoms with Gasteiger partial charge in [0.25, 0.3) is 0 Å². The molecule has 0 saturated carbocycles. The molecule has 0 rings (SSSR count). The maximum atomic E-state index is 7.51. The summed E-state index contributed by atoms with van der Waals surface area (Å²) in [5, 5.41) is 7.51. The van der Waals surface area contributed by atoms with Gasteiger partial charge < -0.3 is 5.73 Å². The van der Waals surface area contributed by atoms with Crippen LogP contribution in [0.4, 0.5) is 0 Å². The van der Waals surface area contributed by atoms with Crippen molar-refractivity contribution in [1.82, 2.24) is 0 Å². The van der Waals surface area contributed by atoms with E-state index in [0.29, 0.717) is 0 Å². The van der Waals surface area contributed by atoms with Crippen molar-refractivity contribution in [2.75, 3.05) is 6.54 Å². The van der Waals surface area contributed by atoms with Crippen molar-refractivity contribution >= 4 is 0 Å². The smallest absolute Gasteiger partial charge is 0.0905 e. The molecule has 0 aromatic carbocycles. The molecule has 0 aliphatic heterocycles. The van der Waals surface area contributed by atoms with Gasteiger partial charge in [0.2, 0.25) is 0 Å². The van der Waals surface area contributed by atoms with Crippen molar-refractivity contribution in [2.45, 2.75) is 32.6 Å². The highest BCUT2D eigenvalue weighted by atomic mass is 14.5. The summed E-state index contributed by atoms with van der Waals surface area (Å²) in [6.07, 6.45) is 6.35. The van der Waals surface area contributed by atoms with Gasteiger partial charge in [0.05, 0.1) is 6.07 Å². The van der Waals surface area contributed by atoms with Gasteiger partial charge in [-0.3, -0.25) is 0 Å². The standard InChI is InChI=1S/C6H15N.C3H3N/c1-2-3-4-5-6-7;1-2-3-4/h2-7H2,1H3;2H,1H2. The summed E-state index contributed by atoms with van der Waals surface area (Å²) in [7, 11) is 0. The molecule has 2 nitrogen and oxygen atoms in total. The first-order valence-corrected chi connectivity index (χ1v) is 4.04. The molecule has 0 aromatic heterocycles. The maximum Gasteiger partial charge on any atom is 0.0905 e. The third-order valence-electron chi connectivity index (χ3n) is 1.15. The van der Waals surface area contributed by atoms with E-state index in [4.69, 9.17) is 11.0 Å². The Labute approximate surface area is 69.7 Å². The van der Waals surface area contributed by atoms with E-state index in [0.717, 1.165) is 6.54 Å². The zero-order valence-electron chi connectivity index (χ0n) is 7.34. The predicted octanol–water partition coefficient (Wildman–Crippen LogP) is 2.22. The van der Waals surface area contributed by atoms with Crippen LogP contribution >= 0.6 is 0 Å². The van der Waals surface area contributed by atoms with Crippen LogP contribution < -0.4 is 5.73 Å². The molecule has 0 fully saturated rings. The van der Waals surface area contributed by atoms with Gasteiger partial charge in [0.1, 0.15) is 0 Å². The zero-order valence-corrected chi connectivity index (χ0v) is 7.34. The lowest BCUT2D eigenvalue weighted by Gasteiger charge is -1.90. The molecular formula is C9H18N2. The summed E-state index contributed by atoms with van der Waals surface area (Å²) in [4.78, 5) is 0. The fraction of sp³-hybridized carbons (Fsp3) is 0.667. The topological polar surface area (TPSA) is 49.8 Å². The van der Waals surface area contributed by atoms with Crippen molar-refractivity contribution in [2.24, 2.45) is 5.73 Å². The van der Waals surface area contributed by atoms with E-state index in [1.54, 1.807) is 6.07 Å². The third kappa shape index (κ3) is 27.1. The molecule has 0 heterocycles. The number of rotatable bonds is 4. The molecule has 0 radical (unpaired) electrons. The number of nitrogens with zero attached hydrogens (tertiary/aromatic N) is 1. The number of hydrogen-bond acceptors (Lipinski definition) is 2. The van der Waals surface area contributed by atoms with Crippen LogP contribution in [-0.4, -0.2) is 6.54 Å². The molecule has 0 atom stereocenters. The minimum absolute atomic E-state index is 0.861. The Morgan fingerprint density at radius 1 is 1.45 bits per heavy atom. The fourth-order valence-corrected chi connectivity index (χ4v) is 0.571. The van der Waals surface area contributed by atoms with Crippen LogP contribution in [0.1, 0.15) is 32.6 Å². The van der Waals surface area contributed by atoms with E-state index < -0.39 is 0 Å². The van der Waals surface area contributed by atoms with Crippen molar-refractivity contribution in [3.8, 4) is 6.07 Å². The van der Waals surface area contributed by atoms with Crippen molar-refractivity contribution < 1.29 is 0 Å². The molecule has 11 heavy (non-hydrogen) atoms. The van der Waals surface area contributed by atoms with Gasteiger partial charge in [0, 0.05) is 6.08 Å². The summed E-state index contributed by atoms with van der Waals surface area (Å²) < 4.78 is 0. The number of nitriles is 1. The monoisotopic (exact) mass is 154 g/mol. The van der Waals surface area contributed by atoms with Gasteiger partial charge in [-0.1, -0.05) is 32.8 Å². The Balaban J connectivity index is 0. The van der Waals surface area contributed by atoms with E-state index in [-0.39, 0.29) is 0 Å². The van der Waals surface area contributed by atoms with E-state index in [9.17, 15) is 0 Å². The Morgan fingerprint density at radius 3 is 2.27 bits per heavy atom. The lowest BCUT2D eigenvalue weighted by molar-refractivity contribution is 0.674. The highest BCUT2D eigenvalue weighted by molar-refractivity contribution is 4.93. The highest BCUT2D eigenvalue weighted by Gasteiger charge is 1.80. The Morgan fingerprint density at radius 2 is 2.00 bits per heavy atom. The Hall–Kier alpha value is -0.810. The van der Waals surface area contributed by atoms with Crippen LogP contribution in [0.3, 0.4) is 0 Å².